The third-order valence-electron chi connectivity index (χ3n) is 8.17. The van der Waals surface area contributed by atoms with Gasteiger partial charge in [-0.1, -0.05) is 30.4 Å². The smallest absolute Gasteiger partial charge is 0.122 e. The van der Waals surface area contributed by atoms with Crippen LogP contribution in [0.1, 0.15) is 37.7 Å². The number of rotatable bonds is 5. The van der Waals surface area contributed by atoms with Crippen LogP contribution in [0.5, 0.6) is 0 Å². The normalized spacial score (nSPS) is 35.0. The minimum Gasteiger partial charge on any atom is -0.493 e. The molecule has 4 atom stereocenters. The minimum atomic E-state index is 0.287. The van der Waals surface area contributed by atoms with Crippen molar-refractivity contribution in [3.8, 4) is 0 Å². The maximum absolute atomic E-state index is 6.47. The van der Waals surface area contributed by atoms with Gasteiger partial charge in [-0.2, -0.15) is 0 Å². The topological polar surface area (TPSA) is 24.5 Å². The van der Waals surface area contributed by atoms with E-state index in [-0.39, 0.29) is 5.41 Å². The zero-order valence-corrected chi connectivity index (χ0v) is 17.3. The summed E-state index contributed by atoms with van der Waals surface area (Å²) in [7, 11) is 0. The lowest BCUT2D eigenvalue weighted by Gasteiger charge is -2.26. The molecule has 152 valence electrons. The van der Waals surface area contributed by atoms with Crippen LogP contribution in [0.4, 0.5) is 5.69 Å². The minimum absolute atomic E-state index is 0.287. The molecule has 3 heteroatoms. The SMILES string of the molecule is C1=CC2=C(OCC3C4CNCC43c3ccc(N4CCCC4)cc3)C=CCC2CC1. The molecule has 0 amide bonds. The molecule has 4 unspecified atom stereocenters. The fourth-order valence-electron chi connectivity index (χ4n) is 6.45. The Kier molecular flexibility index (Phi) is 4.33. The first-order valence-electron chi connectivity index (χ1n) is 11.6. The first-order valence-corrected chi connectivity index (χ1v) is 11.6. The van der Waals surface area contributed by atoms with E-state index in [1.807, 2.05) is 0 Å². The number of hydrogen-bond donors (Lipinski definition) is 1. The van der Waals surface area contributed by atoms with E-state index in [1.54, 1.807) is 0 Å². The van der Waals surface area contributed by atoms with Gasteiger partial charge in [0.1, 0.15) is 5.76 Å². The van der Waals surface area contributed by atoms with E-state index in [9.17, 15) is 0 Å². The fraction of sp³-hybridized carbons (Fsp3) is 0.538. The van der Waals surface area contributed by atoms with E-state index in [2.05, 4.69) is 58.8 Å². The van der Waals surface area contributed by atoms with Gasteiger partial charge in [-0.05, 0) is 79.8 Å². The molecule has 29 heavy (non-hydrogen) atoms. The van der Waals surface area contributed by atoms with Crippen LogP contribution >= 0.6 is 0 Å². The predicted molar refractivity (Wildman–Crippen MR) is 118 cm³/mol. The lowest BCUT2D eigenvalue weighted by atomic mass is 9.83. The van der Waals surface area contributed by atoms with E-state index >= 15 is 0 Å². The molecular weight excluding hydrogens is 356 g/mol. The highest BCUT2D eigenvalue weighted by Crippen LogP contribution is 2.62. The van der Waals surface area contributed by atoms with Gasteiger partial charge in [0.15, 0.2) is 0 Å². The van der Waals surface area contributed by atoms with Crippen LogP contribution in [0.15, 0.2) is 59.9 Å². The molecule has 0 radical (unpaired) electrons. The molecule has 2 saturated heterocycles. The quantitative estimate of drug-likeness (QED) is 0.800. The molecule has 6 rings (SSSR count). The molecule has 1 aromatic rings. The number of fused-ring (bicyclic) bond motifs is 2. The van der Waals surface area contributed by atoms with E-state index in [4.69, 9.17) is 4.74 Å². The van der Waals surface area contributed by atoms with Gasteiger partial charge in [-0.15, -0.1) is 0 Å². The summed E-state index contributed by atoms with van der Waals surface area (Å²) in [6, 6.07) is 9.51. The summed E-state index contributed by atoms with van der Waals surface area (Å²) in [5, 5.41) is 3.64. The van der Waals surface area contributed by atoms with Crippen LogP contribution in [0.2, 0.25) is 0 Å². The summed E-state index contributed by atoms with van der Waals surface area (Å²) in [6.07, 6.45) is 15.5. The van der Waals surface area contributed by atoms with E-state index < -0.39 is 0 Å². The number of nitrogens with one attached hydrogen (secondary N) is 1. The Bertz CT molecular complexity index is 861. The molecule has 1 aromatic carbocycles. The molecule has 0 bridgehead atoms. The molecule has 0 spiro atoms. The molecule has 5 aliphatic rings. The lowest BCUT2D eigenvalue weighted by Crippen LogP contribution is -2.25. The molecule has 0 aromatic heterocycles. The van der Waals surface area contributed by atoms with Gasteiger partial charge >= 0.3 is 0 Å². The summed E-state index contributed by atoms with van der Waals surface area (Å²) in [5.41, 5.74) is 4.63. The Balaban J connectivity index is 1.18. The van der Waals surface area contributed by atoms with Crippen LogP contribution in [-0.2, 0) is 10.2 Å². The van der Waals surface area contributed by atoms with Crippen LogP contribution in [-0.4, -0.2) is 32.8 Å². The third-order valence-corrected chi connectivity index (χ3v) is 8.17. The average Bonchev–Trinajstić information content (AvgIpc) is 3.19. The fourth-order valence-corrected chi connectivity index (χ4v) is 6.45. The zero-order valence-electron chi connectivity index (χ0n) is 17.3. The van der Waals surface area contributed by atoms with Crippen molar-refractivity contribution in [2.45, 2.75) is 37.5 Å². The van der Waals surface area contributed by atoms with Gasteiger partial charge in [0, 0.05) is 36.7 Å². The van der Waals surface area contributed by atoms with E-state index in [0.29, 0.717) is 11.8 Å². The Morgan fingerprint density at radius 3 is 2.79 bits per heavy atom. The zero-order chi connectivity index (χ0) is 19.3. The van der Waals surface area contributed by atoms with Crippen LogP contribution in [0, 0.1) is 17.8 Å². The number of allylic oxidation sites excluding steroid dienone is 5. The number of nitrogens with zero attached hydrogens (tertiary/aromatic N) is 1. The lowest BCUT2D eigenvalue weighted by molar-refractivity contribution is 0.188. The Morgan fingerprint density at radius 1 is 1.07 bits per heavy atom. The van der Waals surface area contributed by atoms with Crippen LogP contribution in [0.3, 0.4) is 0 Å². The maximum Gasteiger partial charge on any atom is 0.122 e. The van der Waals surface area contributed by atoms with Gasteiger partial charge in [0.05, 0.1) is 6.61 Å². The van der Waals surface area contributed by atoms with Gasteiger partial charge in [0.2, 0.25) is 0 Å². The largest absolute Gasteiger partial charge is 0.493 e. The van der Waals surface area contributed by atoms with Crippen molar-refractivity contribution < 1.29 is 4.74 Å². The molecule has 3 aliphatic carbocycles. The molecule has 3 fully saturated rings. The van der Waals surface area contributed by atoms with Gasteiger partial charge < -0.3 is 15.0 Å². The highest BCUT2D eigenvalue weighted by atomic mass is 16.5. The van der Waals surface area contributed by atoms with Crippen LogP contribution in [0.25, 0.3) is 0 Å². The van der Waals surface area contributed by atoms with Crippen molar-refractivity contribution in [3.63, 3.8) is 0 Å². The monoisotopic (exact) mass is 388 g/mol. The van der Waals surface area contributed by atoms with E-state index in [1.165, 1.54) is 62.0 Å². The molecule has 1 saturated carbocycles. The van der Waals surface area contributed by atoms with Crippen LogP contribution < -0.4 is 10.2 Å². The number of piperidine rings is 1. The van der Waals surface area contributed by atoms with Gasteiger partial charge in [-0.25, -0.2) is 0 Å². The summed E-state index contributed by atoms with van der Waals surface area (Å²) in [5.74, 6) is 3.16. The second-order valence-corrected chi connectivity index (χ2v) is 9.57. The second-order valence-electron chi connectivity index (χ2n) is 9.57. The number of ether oxygens (including phenoxy) is 1. The van der Waals surface area contributed by atoms with Crippen molar-refractivity contribution in [1.29, 1.82) is 0 Å². The van der Waals surface area contributed by atoms with Gasteiger partial charge in [-0.3, -0.25) is 0 Å². The number of anilines is 1. The summed E-state index contributed by atoms with van der Waals surface area (Å²) >= 11 is 0. The standard InChI is InChI=1S/C26H32N2O/c1-2-8-22-19(6-1)7-5-9-25(22)29-17-24-23-16-27-18-26(23,24)20-10-12-21(13-11-20)28-14-3-4-15-28/h2,5,8-13,19,23-24,27H,1,3-4,6-7,14-18H2. The number of hydrogen-bond acceptors (Lipinski definition) is 3. The molecular formula is C26H32N2O. The summed E-state index contributed by atoms with van der Waals surface area (Å²) < 4.78 is 6.47. The van der Waals surface area contributed by atoms with Crippen molar-refractivity contribution in [2.24, 2.45) is 17.8 Å². The van der Waals surface area contributed by atoms with Crippen molar-refractivity contribution in [3.05, 3.63) is 65.5 Å². The highest BCUT2D eigenvalue weighted by Gasteiger charge is 2.67. The highest BCUT2D eigenvalue weighted by molar-refractivity contribution is 5.52. The summed E-state index contributed by atoms with van der Waals surface area (Å²) in [6.45, 7) is 5.51. The Hall–Kier alpha value is -2.00. The molecule has 3 nitrogen and oxygen atoms in total. The Labute approximate surface area is 174 Å². The van der Waals surface area contributed by atoms with E-state index in [0.717, 1.165) is 31.4 Å². The van der Waals surface area contributed by atoms with Gasteiger partial charge in [0.25, 0.3) is 0 Å². The Morgan fingerprint density at radius 2 is 1.93 bits per heavy atom. The molecule has 1 N–H and O–H groups in total. The maximum atomic E-state index is 6.47. The molecule has 2 aliphatic heterocycles. The predicted octanol–water partition coefficient (Wildman–Crippen LogP) is 4.57. The van der Waals surface area contributed by atoms with Crippen molar-refractivity contribution >= 4 is 5.69 Å². The average molecular weight is 389 g/mol. The third kappa shape index (κ3) is 2.89. The summed E-state index contributed by atoms with van der Waals surface area (Å²) in [4.78, 5) is 2.52. The van der Waals surface area contributed by atoms with Crippen molar-refractivity contribution in [1.82, 2.24) is 5.32 Å². The number of benzene rings is 1. The van der Waals surface area contributed by atoms with Crippen molar-refractivity contribution in [2.75, 3.05) is 37.7 Å². The molecule has 2 heterocycles. The second kappa shape index (κ2) is 7.05. The first-order chi connectivity index (χ1) is 14.4. The first kappa shape index (κ1) is 17.8.